The number of rotatable bonds is 74. The molecule has 0 aromatic rings. The van der Waals surface area contributed by atoms with Crippen LogP contribution in [0.1, 0.15) is 272 Å². The molecule has 5 atom stereocenters. The van der Waals surface area contributed by atoms with E-state index in [2.05, 4.69) is 234 Å². The summed E-state index contributed by atoms with van der Waals surface area (Å²) in [5.74, 6) is -2.36. The number of hydrogen-bond donors (Lipinski definition) is 3. The van der Waals surface area contributed by atoms with Crippen LogP contribution in [0.15, 0.2) is 219 Å². The molecule has 0 heterocycles. The minimum absolute atomic E-state index is 0.0364. The molecule has 0 aliphatic heterocycles. The average Bonchev–Trinajstić information content (AvgIpc) is 0.900. The molecule has 110 heavy (non-hydrogen) atoms. The van der Waals surface area contributed by atoms with Gasteiger partial charge in [-0.2, -0.15) is 0 Å². The van der Waals surface area contributed by atoms with Gasteiger partial charge in [-0.05, 0) is 186 Å². The number of hydrogen-bond acceptors (Lipinski definition) is 15. The van der Waals surface area contributed by atoms with Crippen LogP contribution in [0.4, 0.5) is 0 Å². The predicted molar refractivity (Wildman–Crippen MR) is 454 cm³/mol. The second-order valence-electron chi connectivity index (χ2n) is 26.2. The molecule has 0 saturated heterocycles. The van der Waals surface area contributed by atoms with Crippen molar-refractivity contribution < 1.29 is 80.2 Å². The molecule has 0 radical (unpaired) electrons. The first kappa shape index (κ1) is 103. The molecule has 0 amide bonds. The number of esters is 4. The molecule has 17 nitrogen and oxygen atoms in total. The van der Waals surface area contributed by atoms with E-state index in [0.29, 0.717) is 32.1 Å². The zero-order valence-corrected chi connectivity index (χ0v) is 69.4. The number of aliphatic hydroxyl groups excluding tert-OH is 1. The van der Waals surface area contributed by atoms with Crippen molar-refractivity contribution in [2.75, 3.05) is 39.6 Å². The van der Waals surface area contributed by atoms with Gasteiger partial charge in [0.25, 0.3) is 0 Å². The number of carbonyl (C=O) groups excluding carboxylic acids is 4. The van der Waals surface area contributed by atoms with Crippen LogP contribution in [0.25, 0.3) is 0 Å². The van der Waals surface area contributed by atoms with Crippen LogP contribution in [0, 0.1) is 0 Å². The number of phosphoric ester groups is 2. The molecular weight excluding hydrogens is 1430 g/mol. The van der Waals surface area contributed by atoms with Crippen LogP contribution in [0.3, 0.4) is 0 Å². The first-order valence-corrected chi connectivity index (χ1v) is 44.0. The van der Waals surface area contributed by atoms with Gasteiger partial charge in [0.2, 0.25) is 0 Å². The lowest BCUT2D eigenvalue weighted by atomic mass is 10.1. The Kier molecular flexibility index (Phi) is 75.6. The SMILES string of the molecule is CC/C=C\C/C=C\C/C=C\C/C=C\C/C=C\CCCCCC(=O)OCC(COP(=O)(O)OCC(O)COP(=O)(O)OCC(COC(=O)CCC/C=C\C/C=C\C/C=C\C/C=C\C/C=C\CC)OC(=O)CCCCCCC/C=C\C/C=C\C/C=C\CC)OC(=O)CCCCC/C=C\C/C=C\C/C=C\C/C=C\C/C=C\CC. The smallest absolute Gasteiger partial charge is 0.462 e. The minimum atomic E-state index is -5.02. The number of allylic oxidation sites excluding steroid dienone is 36. The maximum absolute atomic E-state index is 13.1. The molecule has 0 spiro atoms. The zero-order chi connectivity index (χ0) is 80.3. The summed E-state index contributed by atoms with van der Waals surface area (Å²) in [7, 11) is -10.0. The average molecular weight is 1570 g/mol. The largest absolute Gasteiger partial charge is 0.472 e. The van der Waals surface area contributed by atoms with E-state index in [9.17, 15) is 43.2 Å². The minimum Gasteiger partial charge on any atom is -0.462 e. The molecule has 5 unspecified atom stereocenters. The molecule has 0 aliphatic rings. The summed E-state index contributed by atoms with van der Waals surface area (Å²) in [5.41, 5.74) is 0. The summed E-state index contributed by atoms with van der Waals surface area (Å²) in [4.78, 5) is 73.2. The van der Waals surface area contributed by atoms with E-state index in [-0.39, 0.29) is 25.7 Å². The number of ether oxygens (including phenoxy) is 4. The lowest BCUT2D eigenvalue weighted by Crippen LogP contribution is -2.30. The van der Waals surface area contributed by atoms with Crippen molar-refractivity contribution in [1.29, 1.82) is 0 Å². The fraction of sp³-hybridized carbons (Fsp3) is 0.560. The Labute approximate surface area is 664 Å². The van der Waals surface area contributed by atoms with Gasteiger partial charge in [-0.1, -0.05) is 279 Å². The zero-order valence-electron chi connectivity index (χ0n) is 67.6. The van der Waals surface area contributed by atoms with Crippen molar-refractivity contribution in [3.05, 3.63) is 219 Å². The molecule has 3 N–H and O–H groups in total. The standard InChI is InChI=1S/C91H142O17P2/c1-5-9-13-17-21-25-29-33-37-40-42-45-49-52-56-60-64-68-72-76-89(94)102-82-87(108-91(96)78-74-70-66-62-58-54-50-46-43-41-38-34-30-26-22-18-14-10-6-2)84-106-110(99,100)104-80-85(92)79-103-109(97,98)105-83-86(107-90(95)77-73-69-65-61-57-53-47-36-32-28-24-20-16-12-8-4)81-101-88(93)75-71-67-63-59-55-51-48-44-39-35-31-27-23-19-15-11-7-3/h9-16,21-28,33-39,42-43,45-48,51-52,54,56,58-59,63,85-87,92H,5-8,17-20,29-32,40-41,44,49-50,53,55,57,60-62,64-84H2,1-4H3,(H,97,98)(H,99,100)/b13-9-,14-10-,15-11-,16-12-,25-21-,26-22-,27-23-,28-24-,37-33-,38-34-,39-35-,45-42-,46-43-,47-36-,51-48-,56-52-,58-54-,63-59-. The van der Waals surface area contributed by atoms with Gasteiger partial charge < -0.3 is 33.8 Å². The van der Waals surface area contributed by atoms with Crippen LogP contribution in [0.5, 0.6) is 0 Å². The van der Waals surface area contributed by atoms with Crippen molar-refractivity contribution in [3.8, 4) is 0 Å². The van der Waals surface area contributed by atoms with E-state index in [0.717, 1.165) is 186 Å². The Balaban J connectivity index is 5.54. The van der Waals surface area contributed by atoms with Crippen LogP contribution in [-0.2, 0) is 65.4 Å². The van der Waals surface area contributed by atoms with E-state index in [4.69, 9.17) is 37.0 Å². The molecule has 0 aromatic carbocycles. The van der Waals surface area contributed by atoms with Gasteiger partial charge in [0.15, 0.2) is 12.2 Å². The topological polar surface area (TPSA) is 237 Å². The summed E-state index contributed by atoms with van der Waals surface area (Å²) in [5, 5.41) is 10.7. The highest BCUT2D eigenvalue weighted by Crippen LogP contribution is 2.45. The molecule has 0 aliphatic carbocycles. The van der Waals surface area contributed by atoms with Gasteiger partial charge in [-0.25, -0.2) is 9.13 Å². The van der Waals surface area contributed by atoms with E-state index in [1.807, 2.05) is 12.2 Å². The van der Waals surface area contributed by atoms with Crippen LogP contribution in [0.2, 0.25) is 0 Å². The Morgan fingerprint density at radius 3 is 0.727 bits per heavy atom. The van der Waals surface area contributed by atoms with Gasteiger partial charge in [-0.3, -0.25) is 37.3 Å². The fourth-order valence-corrected chi connectivity index (χ4v) is 11.4. The fourth-order valence-electron chi connectivity index (χ4n) is 9.85. The Hall–Kier alpha value is -6.62. The quantitative estimate of drug-likeness (QED) is 0.0169. The van der Waals surface area contributed by atoms with E-state index in [1.165, 1.54) is 0 Å². The lowest BCUT2D eigenvalue weighted by molar-refractivity contribution is -0.161. The van der Waals surface area contributed by atoms with Crippen molar-refractivity contribution in [2.24, 2.45) is 0 Å². The number of carbonyl (C=O) groups is 4. The third-order valence-corrected chi connectivity index (χ3v) is 17.8. The Morgan fingerprint density at radius 2 is 0.455 bits per heavy atom. The normalized spacial score (nSPS) is 14.9. The summed E-state index contributed by atoms with van der Waals surface area (Å²) in [6, 6.07) is 0. The monoisotopic (exact) mass is 1570 g/mol. The summed E-state index contributed by atoms with van der Waals surface area (Å²) in [6.07, 6.45) is 102. The van der Waals surface area contributed by atoms with Gasteiger partial charge in [0, 0.05) is 25.7 Å². The van der Waals surface area contributed by atoms with Gasteiger partial charge in [-0.15, -0.1) is 0 Å². The molecule has 618 valence electrons. The van der Waals surface area contributed by atoms with Gasteiger partial charge in [0.05, 0.1) is 26.4 Å². The number of unbranched alkanes of at least 4 members (excludes halogenated alkanes) is 12. The molecule has 0 rings (SSSR count). The third kappa shape index (κ3) is 79.5. The molecule has 0 saturated carbocycles. The predicted octanol–water partition coefficient (Wildman–Crippen LogP) is 24.4. The highest BCUT2D eigenvalue weighted by atomic mass is 31.2. The Morgan fingerprint density at radius 1 is 0.255 bits per heavy atom. The van der Waals surface area contributed by atoms with Crippen molar-refractivity contribution in [2.45, 2.75) is 290 Å². The highest BCUT2D eigenvalue weighted by molar-refractivity contribution is 7.47. The van der Waals surface area contributed by atoms with E-state index in [1.54, 1.807) is 0 Å². The Bertz CT molecular complexity index is 2950. The maximum Gasteiger partial charge on any atom is 0.472 e. The second-order valence-corrected chi connectivity index (χ2v) is 29.1. The van der Waals surface area contributed by atoms with Gasteiger partial charge in [0.1, 0.15) is 19.3 Å². The molecule has 0 fully saturated rings. The lowest BCUT2D eigenvalue weighted by Gasteiger charge is -2.21. The van der Waals surface area contributed by atoms with Gasteiger partial charge >= 0.3 is 39.5 Å². The second kappa shape index (κ2) is 80.4. The van der Waals surface area contributed by atoms with Crippen molar-refractivity contribution >= 4 is 39.5 Å². The van der Waals surface area contributed by atoms with Crippen LogP contribution < -0.4 is 0 Å². The first-order valence-electron chi connectivity index (χ1n) is 41.0. The highest BCUT2D eigenvalue weighted by Gasteiger charge is 2.30. The molecule has 0 bridgehead atoms. The molecule has 0 aromatic heterocycles. The maximum atomic E-state index is 13.1. The van der Waals surface area contributed by atoms with Crippen molar-refractivity contribution in [1.82, 2.24) is 0 Å². The number of phosphoric acid groups is 2. The van der Waals surface area contributed by atoms with Crippen LogP contribution in [-0.4, -0.2) is 96.7 Å². The summed E-state index contributed by atoms with van der Waals surface area (Å²) < 4.78 is 68.6. The third-order valence-electron chi connectivity index (χ3n) is 15.9. The number of aliphatic hydroxyl groups is 1. The first-order chi connectivity index (χ1) is 53.7. The molecular formula is C91H142O17P2. The molecule has 19 heteroatoms. The van der Waals surface area contributed by atoms with Crippen LogP contribution >= 0.6 is 15.6 Å². The van der Waals surface area contributed by atoms with Crippen molar-refractivity contribution in [3.63, 3.8) is 0 Å². The van der Waals surface area contributed by atoms with E-state index >= 15 is 0 Å². The summed E-state index contributed by atoms with van der Waals surface area (Å²) in [6.45, 7) is 4.23. The summed E-state index contributed by atoms with van der Waals surface area (Å²) >= 11 is 0. The van der Waals surface area contributed by atoms with E-state index < -0.39 is 97.5 Å².